The van der Waals surface area contributed by atoms with Crippen LogP contribution in [-0.4, -0.2) is 36.4 Å². The molecule has 0 amide bonds. The van der Waals surface area contributed by atoms with Gasteiger partial charge in [0.25, 0.3) is 0 Å². The number of esters is 1. The number of carboxylic acid groups (broad SMARTS) is 1. The van der Waals surface area contributed by atoms with E-state index in [1.807, 2.05) is 0 Å². The van der Waals surface area contributed by atoms with E-state index in [9.17, 15) is 19.8 Å². The van der Waals surface area contributed by atoms with E-state index < -0.39 is 17.4 Å². The highest BCUT2D eigenvalue weighted by molar-refractivity contribution is 5.94. The lowest BCUT2D eigenvalue weighted by molar-refractivity contribution is -0.143. The molecule has 0 aromatic heterocycles. The first kappa shape index (κ1) is 15.2. The molecular weight excluding hydrogens is 276 g/mol. The molecule has 0 spiro atoms. The standard InChI is InChI=1S/C15H18O6/c1-20-12-8-11(16)9(13(17)21-2)7-10(12)15(14(18)19)5-3-4-6-15/h7-8,16H,3-6H2,1-2H3,(H,18,19). The van der Waals surface area contributed by atoms with Crippen LogP contribution in [0.25, 0.3) is 0 Å². The van der Waals surface area contributed by atoms with Gasteiger partial charge in [0, 0.05) is 11.6 Å². The zero-order valence-electron chi connectivity index (χ0n) is 12.0. The Morgan fingerprint density at radius 1 is 1.19 bits per heavy atom. The summed E-state index contributed by atoms with van der Waals surface area (Å²) in [5.41, 5.74) is -0.726. The number of phenolic OH excluding ortho intramolecular Hbond substituents is 1. The molecule has 0 saturated heterocycles. The summed E-state index contributed by atoms with van der Waals surface area (Å²) in [5, 5.41) is 19.5. The Bertz CT molecular complexity index is 572. The minimum absolute atomic E-state index is 0.0548. The SMILES string of the molecule is COC(=O)c1cc(C2(C(=O)O)CCCC2)c(OC)cc1O. The van der Waals surface area contributed by atoms with E-state index in [4.69, 9.17) is 4.74 Å². The van der Waals surface area contributed by atoms with Crippen molar-refractivity contribution >= 4 is 11.9 Å². The summed E-state index contributed by atoms with van der Waals surface area (Å²) in [4.78, 5) is 23.5. The van der Waals surface area contributed by atoms with Gasteiger partial charge < -0.3 is 19.7 Å². The predicted octanol–water partition coefficient (Wildman–Crippen LogP) is 2.08. The molecule has 6 nitrogen and oxygen atoms in total. The number of ether oxygens (including phenoxy) is 2. The van der Waals surface area contributed by atoms with Gasteiger partial charge in [0.2, 0.25) is 0 Å². The Hall–Kier alpha value is -2.24. The lowest BCUT2D eigenvalue weighted by atomic mass is 9.77. The molecule has 1 aromatic carbocycles. The van der Waals surface area contributed by atoms with Gasteiger partial charge in [-0.15, -0.1) is 0 Å². The van der Waals surface area contributed by atoms with E-state index in [1.54, 1.807) is 0 Å². The van der Waals surface area contributed by atoms with Crippen molar-refractivity contribution in [3.05, 3.63) is 23.3 Å². The summed E-state index contributed by atoms with van der Waals surface area (Å²) in [6.07, 6.45) is 2.54. The number of benzene rings is 1. The molecule has 1 aromatic rings. The first-order chi connectivity index (χ1) is 9.96. The summed E-state index contributed by atoms with van der Waals surface area (Å²) in [6, 6.07) is 2.64. The molecule has 0 radical (unpaired) electrons. The van der Waals surface area contributed by atoms with Crippen LogP contribution in [0.3, 0.4) is 0 Å². The highest BCUT2D eigenvalue weighted by Gasteiger charge is 2.45. The molecule has 114 valence electrons. The number of hydrogen-bond acceptors (Lipinski definition) is 5. The van der Waals surface area contributed by atoms with Crippen LogP contribution in [0.2, 0.25) is 0 Å². The summed E-state index contributed by atoms with van der Waals surface area (Å²) in [7, 11) is 2.61. The molecule has 1 saturated carbocycles. The molecule has 2 rings (SSSR count). The topological polar surface area (TPSA) is 93.1 Å². The molecule has 21 heavy (non-hydrogen) atoms. The summed E-state index contributed by atoms with van der Waals surface area (Å²) >= 11 is 0. The number of rotatable bonds is 4. The number of aromatic hydroxyl groups is 1. The third-order valence-corrected chi connectivity index (χ3v) is 4.11. The van der Waals surface area contributed by atoms with E-state index in [0.29, 0.717) is 18.4 Å². The maximum absolute atomic E-state index is 11.8. The predicted molar refractivity (Wildman–Crippen MR) is 73.8 cm³/mol. The van der Waals surface area contributed by atoms with Crippen molar-refractivity contribution in [3.8, 4) is 11.5 Å². The van der Waals surface area contributed by atoms with E-state index in [1.165, 1.54) is 26.4 Å². The van der Waals surface area contributed by atoms with Crippen LogP contribution >= 0.6 is 0 Å². The van der Waals surface area contributed by atoms with Crippen molar-refractivity contribution in [3.63, 3.8) is 0 Å². The lowest BCUT2D eigenvalue weighted by Gasteiger charge is -2.27. The van der Waals surface area contributed by atoms with Gasteiger partial charge in [-0.3, -0.25) is 4.79 Å². The highest BCUT2D eigenvalue weighted by Crippen LogP contribution is 2.46. The minimum Gasteiger partial charge on any atom is -0.507 e. The van der Waals surface area contributed by atoms with Crippen LogP contribution < -0.4 is 4.74 Å². The first-order valence-corrected chi connectivity index (χ1v) is 6.69. The van der Waals surface area contributed by atoms with Gasteiger partial charge in [-0.2, -0.15) is 0 Å². The van der Waals surface area contributed by atoms with Gasteiger partial charge in [0.15, 0.2) is 0 Å². The fourth-order valence-electron chi connectivity index (χ4n) is 2.96. The van der Waals surface area contributed by atoms with Crippen LogP contribution in [0, 0.1) is 0 Å². The summed E-state index contributed by atoms with van der Waals surface area (Å²) in [5.74, 6) is -1.68. The van der Waals surface area contributed by atoms with Crippen molar-refractivity contribution in [1.29, 1.82) is 0 Å². The summed E-state index contributed by atoms with van der Waals surface area (Å²) < 4.78 is 9.82. The van der Waals surface area contributed by atoms with Gasteiger partial charge in [0.1, 0.15) is 17.1 Å². The van der Waals surface area contributed by atoms with Gasteiger partial charge in [-0.25, -0.2) is 4.79 Å². The third kappa shape index (κ3) is 2.41. The average molecular weight is 294 g/mol. The molecule has 0 aliphatic heterocycles. The summed E-state index contributed by atoms with van der Waals surface area (Å²) in [6.45, 7) is 0. The second kappa shape index (κ2) is 5.63. The molecule has 0 unspecified atom stereocenters. The van der Waals surface area contributed by atoms with Crippen LogP contribution in [0.5, 0.6) is 11.5 Å². The maximum Gasteiger partial charge on any atom is 0.341 e. The Balaban J connectivity index is 2.65. The minimum atomic E-state index is -1.08. The number of carbonyl (C=O) groups is 2. The first-order valence-electron chi connectivity index (χ1n) is 6.69. The average Bonchev–Trinajstić information content (AvgIpc) is 2.96. The van der Waals surface area contributed by atoms with Crippen molar-refractivity contribution < 1.29 is 29.3 Å². The molecule has 1 aliphatic rings. The Morgan fingerprint density at radius 2 is 1.81 bits per heavy atom. The zero-order valence-corrected chi connectivity index (χ0v) is 12.0. The molecule has 1 fully saturated rings. The maximum atomic E-state index is 11.8. The van der Waals surface area contributed by atoms with Crippen molar-refractivity contribution in [2.24, 2.45) is 0 Å². The quantitative estimate of drug-likeness (QED) is 0.826. The molecule has 0 bridgehead atoms. The van der Waals surface area contributed by atoms with Crippen molar-refractivity contribution in [2.45, 2.75) is 31.1 Å². The van der Waals surface area contributed by atoms with Crippen LogP contribution in [0.15, 0.2) is 12.1 Å². The Morgan fingerprint density at radius 3 is 2.29 bits per heavy atom. The molecule has 6 heteroatoms. The van der Waals surface area contributed by atoms with E-state index >= 15 is 0 Å². The molecule has 0 atom stereocenters. The van der Waals surface area contributed by atoms with E-state index in [0.717, 1.165) is 12.8 Å². The van der Waals surface area contributed by atoms with Crippen LogP contribution in [-0.2, 0) is 14.9 Å². The number of phenols is 1. The number of methoxy groups -OCH3 is 2. The largest absolute Gasteiger partial charge is 0.507 e. The zero-order chi connectivity index (χ0) is 15.6. The van der Waals surface area contributed by atoms with Crippen molar-refractivity contribution in [2.75, 3.05) is 14.2 Å². The highest BCUT2D eigenvalue weighted by atomic mass is 16.5. The normalized spacial score (nSPS) is 16.5. The molecule has 2 N–H and O–H groups in total. The van der Waals surface area contributed by atoms with E-state index in [2.05, 4.69) is 4.74 Å². The molecule has 1 aliphatic carbocycles. The Labute approximate surface area is 122 Å². The second-order valence-electron chi connectivity index (χ2n) is 5.16. The fourth-order valence-corrected chi connectivity index (χ4v) is 2.96. The second-order valence-corrected chi connectivity index (χ2v) is 5.16. The monoisotopic (exact) mass is 294 g/mol. The third-order valence-electron chi connectivity index (χ3n) is 4.11. The number of carbonyl (C=O) groups excluding carboxylic acids is 1. The number of aliphatic carboxylic acids is 1. The van der Waals surface area contributed by atoms with Crippen LogP contribution in [0.4, 0.5) is 0 Å². The fraction of sp³-hybridized carbons (Fsp3) is 0.467. The number of carboxylic acids is 1. The molecular formula is C15H18O6. The van der Waals surface area contributed by atoms with Gasteiger partial charge in [0.05, 0.1) is 19.6 Å². The smallest absolute Gasteiger partial charge is 0.341 e. The van der Waals surface area contributed by atoms with Gasteiger partial charge in [-0.05, 0) is 18.9 Å². The molecule has 0 heterocycles. The lowest BCUT2D eigenvalue weighted by Crippen LogP contribution is -2.33. The van der Waals surface area contributed by atoms with Gasteiger partial charge in [-0.1, -0.05) is 12.8 Å². The Kier molecular flexibility index (Phi) is 4.06. The van der Waals surface area contributed by atoms with Crippen LogP contribution in [0.1, 0.15) is 41.6 Å². The van der Waals surface area contributed by atoms with Gasteiger partial charge >= 0.3 is 11.9 Å². The number of hydrogen-bond donors (Lipinski definition) is 2. The van der Waals surface area contributed by atoms with Crippen molar-refractivity contribution in [1.82, 2.24) is 0 Å². The van der Waals surface area contributed by atoms with E-state index in [-0.39, 0.29) is 17.1 Å².